The highest BCUT2D eigenvalue weighted by Gasteiger charge is 2.31. The van der Waals surface area contributed by atoms with Crippen LogP contribution in [0.15, 0.2) is 58.3 Å². The number of nitrogens with one attached hydrogen (secondary N) is 1. The molecule has 2 amide bonds. The predicted octanol–water partition coefficient (Wildman–Crippen LogP) is 2.23. The molecule has 0 radical (unpaired) electrons. The van der Waals surface area contributed by atoms with Crippen LogP contribution in [0.3, 0.4) is 0 Å². The molecule has 0 aliphatic carbocycles. The summed E-state index contributed by atoms with van der Waals surface area (Å²) < 4.78 is 27.2. The SMILES string of the molecule is O=C(CN1C(=O)CSc2cc(S(=O)(=O)N3CCCC3)ccc21)NCc1ccccc1. The maximum absolute atomic E-state index is 12.8. The molecule has 2 aromatic carbocycles. The van der Waals surface area contributed by atoms with Gasteiger partial charge in [-0.25, -0.2) is 8.42 Å². The maximum Gasteiger partial charge on any atom is 0.243 e. The summed E-state index contributed by atoms with van der Waals surface area (Å²) in [6.45, 7) is 1.37. The number of thioether (sulfide) groups is 1. The van der Waals surface area contributed by atoms with Gasteiger partial charge in [-0.2, -0.15) is 4.31 Å². The fourth-order valence-corrected chi connectivity index (χ4v) is 6.18. The third-order valence-corrected chi connectivity index (χ3v) is 8.14. The lowest BCUT2D eigenvalue weighted by molar-refractivity contribution is -0.123. The molecule has 7 nitrogen and oxygen atoms in total. The minimum Gasteiger partial charge on any atom is -0.350 e. The van der Waals surface area contributed by atoms with Crippen molar-refractivity contribution in [1.29, 1.82) is 0 Å². The molecular weight excluding hydrogens is 422 g/mol. The molecule has 0 atom stereocenters. The number of fused-ring (bicyclic) bond motifs is 1. The van der Waals surface area contributed by atoms with E-state index >= 15 is 0 Å². The van der Waals surface area contributed by atoms with Crippen LogP contribution in [-0.2, 0) is 26.2 Å². The third kappa shape index (κ3) is 4.38. The summed E-state index contributed by atoms with van der Waals surface area (Å²) in [4.78, 5) is 27.2. The molecule has 0 unspecified atom stereocenters. The molecule has 2 aliphatic rings. The average molecular weight is 446 g/mol. The molecule has 1 fully saturated rings. The molecule has 0 saturated carbocycles. The Bertz CT molecular complexity index is 1050. The lowest BCUT2D eigenvalue weighted by Gasteiger charge is -2.29. The molecule has 2 aromatic rings. The van der Waals surface area contributed by atoms with Crippen LogP contribution in [-0.4, -0.2) is 49.9 Å². The Labute approximate surface area is 180 Å². The van der Waals surface area contributed by atoms with E-state index in [1.165, 1.54) is 27.0 Å². The zero-order valence-electron chi connectivity index (χ0n) is 16.4. The van der Waals surface area contributed by atoms with Crippen molar-refractivity contribution in [3.05, 3.63) is 54.1 Å². The van der Waals surface area contributed by atoms with Gasteiger partial charge in [0.05, 0.1) is 16.3 Å². The van der Waals surface area contributed by atoms with Gasteiger partial charge in [0.25, 0.3) is 0 Å². The van der Waals surface area contributed by atoms with Crippen LogP contribution in [0.4, 0.5) is 5.69 Å². The van der Waals surface area contributed by atoms with Crippen molar-refractivity contribution in [2.45, 2.75) is 29.2 Å². The van der Waals surface area contributed by atoms with E-state index in [4.69, 9.17) is 0 Å². The van der Waals surface area contributed by atoms with Crippen LogP contribution in [0.25, 0.3) is 0 Å². The standard InChI is InChI=1S/C21H23N3O4S2/c25-20(22-13-16-6-2-1-3-7-16)14-24-18-9-8-17(12-19(18)29-15-21(24)26)30(27,28)23-10-4-5-11-23/h1-3,6-9,12H,4-5,10-11,13-15H2,(H,22,25). The first kappa shape index (κ1) is 20.9. The number of benzene rings is 2. The fraction of sp³-hybridized carbons (Fsp3) is 0.333. The number of anilines is 1. The van der Waals surface area contributed by atoms with E-state index in [0.29, 0.717) is 30.2 Å². The number of hydrogen-bond acceptors (Lipinski definition) is 5. The molecule has 0 aromatic heterocycles. The molecule has 2 heterocycles. The van der Waals surface area contributed by atoms with E-state index in [1.54, 1.807) is 12.1 Å². The number of amides is 2. The number of carbonyl (C=O) groups is 2. The second kappa shape index (κ2) is 8.79. The van der Waals surface area contributed by atoms with Crippen LogP contribution >= 0.6 is 11.8 Å². The molecule has 0 bridgehead atoms. The summed E-state index contributed by atoms with van der Waals surface area (Å²) in [7, 11) is -3.53. The molecule has 2 aliphatic heterocycles. The molecule has 0 spiro atoms. The predicted molar refractivity (Wildman–Crippen MR) is 116 cm³/mol. The topological polar surface area (TPSA) is 86.8 Å². The van der Waals surface area contributed by atoms with Crippen molar-refractivity contribution in [2.75, 3.05) is 30.3 Å². The summed E-state index contributed by atoms with van der Waals surface area (Å²) in [5.74, 6) is -0.261. The van der Waals surface area contributed by atoms with Crippen molar-refractivity contribution in [3.63, 3.8) is 0 Å². The van der Waals surface area contributed by atoms with Gasteiger partial charge in [-0.3, -0.25) is 9.59 Å². The van der Waals surface area contributed by atoms with E-state index < -0.39 is 10.0 Å². The van der Waals surface area contributed by atoms with Gasteiger partial charge in [-0.15, -0.1) is 11.8 Å². The highest BCUT2D eigenvalue weighted by atomic mass is 32.2. The smallest absolute Gasteiger partial charge is 0.243 e. The van der Waals surface area contributed by atoms with Crippen LogP contribution in [0.2, 0.25) is 0 Å². The Morgan fingerprint density at radius 2 is 1.80 bits per heavy atom. The summed E-state index contributed by atoms with van der Waals surface area (Å²) in [6, 6.07) is 14.3. The van der Waals surface area contributed by atoms with Gasteiger partial charge in [-0.1, -0.05) is 30.3 Å². The third-order valence-electron chi connectivity index (χ3n) is 5.21. The van der Waals surface area contributed by atoms with Crippen LogP contribution in [0, 0.1) is 0 Å². The normalized spacial score (nSPS) is 17.1. The molecule has 30 heavy (non-hydrogen) atoms. The second-order valence-electron chi connectivity index (χ2n) is 7.27. The molecule has 4 rings (SSSR count). The van der Waals surface area contributed by atoms with Gasteiger partial charge in [-0.05, 0) is 36.6 Å². The van der Waals surface area contributed by atoms with Crippen molar-refractivity contribution in [2.24, 2.45) is 0 Å². The second-order valence-corrected chi connectivity index (χ2v) is 10.2. The highest BCUT2D eigenvalue weighted by molar-refractivity contribution is 8.00. The highest BCUT2D eigenvalue weighted by Crippen LogP contribution is 2.37. The van der Waals surface area contributed by atoms with E-state index in [2.05, 4.69) is 5.32 Å². The number of nitrogens with zero attached hydrogens (tertiary/aromatic N) is 2. The first-order chi connectivity index (χ1) is 14.4. The Kier molecular flexibility index (Phi) is 6.12. The number of sulfonamides is 1. The Morgan fingerprint density at radius 1 is 1.07 bits per heavy atom. The van der Waals surface area contributed by atoms with E-state index in [9.17, 15) is 18.0 Å². The minimum absolute atomic E-state index is 0.0998. The molecule has 1 N–H and O–H groups in total. The molecule has 9 heteroatoms. The van der Waals surface area contributed by atoms with Gasteiger partial charge in [0, 0.05) is 24.5 Å². The summed E-state index contributed by atoms with van der Waals surface area (Å²) >= 11 is 1.30. The molecular formula is C21H23N3O4S2. The molecule has 1 saturated heterocycles. The lowest BCUT2D eigenvalue weighted by Crippen LogP contribution is -2.43. The monoisotopic (exact) mass is 445 g/mol. The van der Waals surface area contributed by atoms with Crippen LogP contribution < -0.4 is 10.2 Å². The van der Waals surface area contributed by atoms with Crippen molar-refractivity contribution in [1.82, 2.24) is 9.62 Å². The zero-order chi connectivity index (χ0) is 21.1. The van der Waals surface area contributed by atoms with Gasteiger partial charge in [0.1, 0.15) is 6.54 Å². The first-order valence-corrected chi connectivity index (χ1v) is 12.3. The van der Waals surface area contributed by atoms with E-state index in [1.807, 2.05) is 30.3 Å². The number of hydrogen-bond donors (Lipinski definition) is 1. The van der Waals surface area contributed by atoms with Crippen LogP contribution in [0.1, 0.15) is 18.4 Å². The maximum atomic E-state index is 12.8. The summed E-state index contributed by atoms with van der Waals surface area (Å²) in [5.41, 5.74) is 1.55. The van der Waals surface area contributed by atoms with Gasteiger partial charge >= 0.3 is 0 Å². The number of carbonyl (C=O) groups excluding carboxylic acids is 2. The van der Waals surface area contributed by atoms with Crippen molar-refractivity contribution < 1.29 is 18.0 Å². The molecule has 158 valence electrons. The van der Waals surface area contributed by atoms with E-state index in [-0.39, 0.29) is 29.0 Å². The van der Waals surface area contributed by atoms with Gasteiger partial charge < -0.3 is 10.2 Å². The van der Waals surface area contributed by atoms with Crippen molar-refractivity contribution >= 4 is 39.3 Å². The lowest BCUT2D eigenvalue weighted by atomic mass is 10.2. The van der Waals surface area contributed by atoms with Crippen LogP contribution in [0.5, 0.6) is 0 Å². The minimum atomic E-state index is -3.53. The average Bonchev–Trinajstić information content (AvgIpc) is 3.30. The Morgan fingerprint density at radius 3 is 2.53 bits per heavy atom. The largest absolute Gasteiger partial charge is 0.350 e. The number of rotatable bonds is 6. The van der Waals surface area contributed by atoms with E-state index in [0.717, 1.165) is 18.4 Å². The first-order valence-electron chi connectivity index (χ1n) is 9.83. The summed E-state index contributed by atoms with van der Waals surface area (Å²) in [6.07, 6.45) is 1.75. The summed E-state index contributed by atoms with van der Waals surface area (Å²) in [5, 5.41) is 2.83. The van der Waals surface area contributed by atoms with Gasteiger partial charge in [0.15, 0.2) is 0 Å². The Hall–Kier alpha value is -2.36. The fourth-order valence-electron chi connectivity index (χ4n) is 3.59. The van der Waals surface area contributed by atoms with Gasteiger partial charge in [0.2, 0.25) is 21.8 Å². The quantitative estimate of drug-likeness (QED) is 0.737. The Balaban J connectivity index is 1.49. The van der Waals surface area contributed by atoms with Crippen molar-refractivity contribution in [3.8, 4) is 0 Å². The zero-order valence-corrected chi connectivity index (χ0v) is 18.0.